The van der Waals surface area contributed by atoms with E-state index < -0.39 is 0 Å². The molecule has 90 valence electrons. The zero-order valence-electron chi connectivity index (χ0n) is 10.2. The molecule has 0 aromatic carbocycles. The van der Waals surface area contributed by atoms with Crippen LogP contribution >= 0.6 is 11.3 Å². The molecule has 1 aliphatic heterocycles. The Kier molecular flexibility index (Phi) is 3.95. The number of nitrogens with zero attached hydrogens (tertiary/aromatic N) is 2. The Bertz CT molecular complexity index is 348. The standard InChI is InChI=1S/C12H21N3S/c1-3-5-9(13)12-14-10-6-7-15(4-2)8-11(10)16-12/h9H,3-8,13H2,1-2H3. The molecule has 4 heteroatoms. The average molecular weight is 239 g/mol. The van der Waals surface area contributed by atoms with Gasteiger partial charge in [0.05, 0.1) is 11.7 Å². The second-order valence-electron chi connectivity index (χ2n) is 4.44. The molecule has 0 radical (unpaired) electrons. The highest BCUT2D eigenvalue weighted by Gasteiger charge is 2.21. The summed E-state index contributed by atoms with van der Waals surface area (Å²) in [4.78, 5) is 8.61. The number of thiazole rings is 1. The highest BCUT2D eigenvalue weighted by molar-refractivity contribution is 7.11. The lowest BCUT2D eigenvalue weighted by Gasteiger charge is -2.23. The Morgan fingerprint density at radius 3 is 3.00 bits per heavy atom. The third-order valence-electron chi connectivity index (χ3n) is 3.19. The molecule has 1 aromatic rings. The molecule has 1 atom stereocenters. The predicted molar refractivity (Wildman–Crippen MR) is 68.6 cm³/mol. The Labute approximate surface area is 102 Å². The van der Waals surface area contributed by atoms with E-state index in [2.05, 4.69) is 18.7 Å². The lowest BCUT2D eigenvalue weighted by atomic mass is 10.1. The number of hydrogen-bond acceptors (Lipinski definition) is 4. The van der Waals surface area contributed by atoms with E-state index in [-0.39, 0.29) is 6.04 Å². The average Bonchev–Trinajstić information content (AvgIpc) is 2.71. The maximum Gasteiger partial charge on any atom is 0.110 e. The number of aromatic nitrogens is 1. The zero-order valence-corrected chi connectivity index (χ0v) is 11.0. The third kappa shape index (κ3) is 2.44. The fourth-order valence-electron chi connectivity index (χ4n) is 2.13. The van der Waals surface area contributed by atoms with Gasteiger partial charge in [0.2, 0.25) is 0 Å². The molecular formula is C12H21N3S. The quantitative estimate of drug-likeness (QED) is 0.877. The second kappa shape index (κ2) is 5.25. The molecule has 0 saturated carbocycles. The lowest BCUT2D eigenvalue weighted by Crippen LogP contribution is -2.29. The first kappa shape index (κ1) is 12.0. The summed E-state index contributed by atoms with van der Waals surface area (Å²) in [6.45, 7) is 7.74. The van der Waals surface area contributed by atoms with Crippen LogP contribution in [0.1, 0.15) is 48.3 Å². The zero-order chi connectivity index (χ0) is 11.5. The first-order chi connectivity index (χ1) is 7.74. The summed E-state index contributed by atoms with van der Waals surface area (Å²) < 4.78 is 0. The first-order valence-electron chi connectivity index (χ1n) is 6.21. The van der Waals surface area contributed by atoms with Gasteiger partial charge in [-0.2, -0.15) is 0 Å². The largest absolute Gasteiger partial charge is 0.322 e. The molecule has 2 N–H and O–H groups in total. The number of likely N-dealkylation sites (N-methyl/N-ethyl adjacent to an activating group) is 1. The van der Waals surface area contributed by atoms with E-state index in [4.69, 9.17) is 10.7 Å². The Balaban J connectivity index is 2.11. The Hall–Kier alpha value is -0.450. The van der Waals surface area contributed by atoms with Crippen LogP contribution in [0.3, 0.4) is 0 Å². The van der Waals surface area contributed by atoms with Gasteiger partial charge >= 0.3 is 0 Å². The predicted octanol–water partition coefficient (Wildman–Crippen LogP) is 2.32. The summed E-state index contributed by atoms with van der Waals surface area (Å²) in [5.74, 6) is 0. The summed E-state index contributed by atoms with van der Waals surface area (Å²) in [5.41, 5.74) is 7.42. The van der Waals surface area contributed by atoms with Gasteiger partial charge in [0.25, 0.3) is 0 Å². The molecule has 1 unspecified atom stereocenters. The van der Waals surface area contributed by atoms with Gasteiger partial charge in [0, 0.05) is 24.4 Å². The first-order valence-corrected chi connectivity index (χ1v) is 7.02. The maximum absolute atomic E-state index is 6.12. The monoisotopic (exact) mass is 239 g/mol. The van der Waals surface area contributed by atoms with Crippen LogP contribution in [0, 0.1) is 0 Å². The van der Waals surface area contributed by atoms with E-state index in [9.17, 15) is 0 Å². The molecule has 0 saturated heterocycles. The molecule has 0 amide bonds. The highest BCUT2D eigenvalue weighted by atomic mass is 32.1. The lowest BCUT2D eigenvalue weighted by molar-refractivity contribution is 0.269. The van der Waals surface area contributed by atoms with Crippen LogP contribution in [0.25, 0.3) is 0 Å². The second-order valence-corrected chi connectivity index (χ2v) is 5.55. The van der Waals surface area contributed by atoms with Gasteiger partial charge in [-0.3, -0.25) is 4.90 Å². The Morgan fingerprint density at radius 1 is 1.50 bits per heavy atom. The third-order valence-corrected chi connectivity index (χ3v) is 4.41. The van der Waals surface area contributed by atoms with Crippen molar-refractivity contribution in [3.8, 4) is 0 Å². The molecule has 0 bridgehead atoms. The van der Waals surface area contributed by atoms with Crippen molar-refractivity contribution in [2.45, 2.75) is 45.7 Å². The molecule has 2 rings (SSSR count). The molecule has 2 heterocycles. The van der Waals surface area contributed by atoms with Crippen molar-refractivity contribution in [2.75, 3.05) is 13.1 Å². The number of fused-ring (bicyclic) bond motifs is 1. The van der Waals surface area contributed by atoms with E-state index in [1.807, 2.05) is 11.3 Å². The number of rotatable bonds is 4. The van der Waals surface area contributed by atoms with Crippen LogP contribution < -0.4 is 5.73 Å². The van der Waals surface area contributed by atoms with Gasteiger partial charge in [0.1, 0.15) is 5.01 Å². The number of hydrogen-bond donors (Lipinski definition) is 1. The van der Waals surface area contributed by atoms with E-state index >= 15 is 0 Å². The van der Waals surface area contributed by atoms with Gasteiger partial charge in [0.15, 0.2) is 0 Å². The number of nitrogens with two attached hydrogens (primary N) is 1. The van der Waals surface area contributed by atoms with Crippen LogP contribution in [0.5, 0.6) is 0 Å². The normalized spacial score (nSPS) is 18.4. The van der Waals surface area contributed by atoms with E-state index in [0.29, 0.717) is 0 Å². The van der Waals surface area contributed by atoms with Crippen molar-refractivity contribution >= 4 is 11.3 Å². The molecule has 1 aromatic heterocycles. The molecule has 3 nitrogen and oxygen atoms in total. The van der Waals surface area contributed by atoms with E-state index in [0.717, 1.165) is 43.9 Å². The SMILES string of the molecule is CCCC(N)c1nc2c(s1)CN(CC)CC2. The summed E-state index contributed by atoms with van der Waals surface area (Å²) in [7, 11) is 0. The molecule has 0 aliphatic carbocycles. The minimum absolute atomic E-state index is 0.149. The van der Waals surface area contributed by atoms with Gasteiger partial charge in [-0.1, -0.05) is 20.3 Å². The van der Waals surface area contributed by atoms with Crippen LogP contribution in [0.2, 0.25) is 0 Å². The van der Waals surface area contributed by atoms with Crippen molar-refractivity contribution in [1.29, 1.82) is 0 Å². The molecule has 0 fully saturated rings. The van der Waals surface area contributed by atoms with Gasteiger partial charge in [-0.05, 0) is 13.0 Å². The van der Waals surface area contributed by atoms with Crippen molar-refractivity contribution in [2.24, 2.45) is 5.73 Å². The van der Waals surface area contributed by atoms with Crippen LogP contribution in [0.15, 0.2) is 0 Å². The van der Waals surface area contributed by atoms with Gasteiger partial charge < -0.3 is 5.73 Å². The van der Waals surface area contributed by atoms with Gasteiger partial charge in [-0.15, -0.1) is 11.3 Å². The van der Waals surface area contributed by atoms with Crippen molar-refractivity contribution in [1.82, 2.24) is 9.88 Å². The minimum atomic E-state index is 0.149. The Morgan fingerprint density at radius 2 is 2.31 bits per heavy atom. The van der Waals surface area contributed by atoms with E-state index in [1.165, 1.54) is 10.6 Å². The van der Waals surface area contributed by atoms with Crippen LogP contribution in [-0.4, -0.2) is 23.0 Å². The smallest absolute Gasteiger partial charge is 0.110 e. The van der Waals surface area contributed by atoms with Crippen LogP contribution in [0.4, 0.5) is 0 Å². The van der Waals surface area contributed by atoms with Crippen molar-refractivity contribution in [3.05, 3.63) is 15.6 Å². The molecule has 1 aliphatic rings. The van der Waals surface area contributed by atoms with Crippen molar-refractivity contribution < 1.29 is 0 Å². The molecule has 16 heavy (non-hydrogen) atoms. The fraction of sp³-hybridized carbons (Fsp3) is 0.750. The topological polar surface area (TPSA) is 42.1 Å². The summed E-state index contributed by atoms with van der Waals surface area (Å²) in [6, 6.07) is 0.149. The summed E-state index contributed by atoms with van der Waals surface area (Å²) >= 11 is 1.82. The summed E-state index contributed by atoms with van der Waals surface area (Å²) in [6.07, 6.45) is 3.27. The van der Waals surface area contributed by atoms with Crippen LogP contribution in [-0.2, 0) is 13.0 Å². The minimum Gasteiger partial charge on any atom is -0.322 e. The maximum atomic E-state index is 6.12. The van der Waals surface area contributed by atoms with E-state index in [1.54, 1.807) is 0 Å². The fourth-order valence-corrected chi connectivity index (χ4v) is 3.32. The van der Waals surface area contributed by atoms with Crippen molar-refractivity contribution in [3.63, 3.8) is 0 Å². The molecule has 0 spiro atoms. The molecular weight excluding hydrogens is 218 g/mol. The van der Waals surface area contributed by atoms with Gasteiger partial charge in [-0.25, -0.2) is 4.98 Å². The summed E-state index contributed by atoms with van der Waals surface area (Å²) in [5, 5.41) is 1.14. The highest BCUT2D eigenvalue weighted by Crippen LogP contribution is 2.29.